The molecule has 7 aromatic rings. The fraction of sp³-hybridized carbons (Fsp3) is 0.208. The maximum Gasteiger partial charge on any atom is 0.413 e. The molecule has 366 valence electrons. The van der Waals surface area contributed by atoms with Gasteiger partial charge in [0.2, 0.25) is 5.60 Å². The van der Waals surface area contributed by atoms with Crippen LogP contribution >= 0.6 is 46.6 Å². The van der Waals surface area contributed by atoms with Crippen molar-refractivity contribution in [1.82, 2.24) is 30.2 Å². The number of nitrogens with one attached hydrogen (secondary N) is 2. The van der Waals surface area contributed by atoms with Gasteiger partial charge in [-0.25, -0.2) is 14.6 Å². The van der Waals surface area contributed by atoms with Crippen molar-refractivity contribution in [3.05, 3.63) is 207 Å². The molecule has 19 heteroatoms. The molecule has 0 radical (unpaired) electrons. The number of thiazole rings is 1. The molecule has 2 aromatic heterocycles. The number of aromatic nitrogens is 4. The first-order valence-electron chi connectivity index (χ1n) is 22.7. The Morgan fingerprint density at radius 1 is 0.806 bits per heavy atom. The number of nitrogens with zero attached hydrogens (tertiary/aromatic N) is 6. The van der Waals surface area contributed by atoms with E-state index in [2.05, 4.69) is 31.0 Å². The predicted molar refractivity (Wildman–Crippen MR) is 281 cm³/mol. The average molecular weight is 1040 g/mol. The molecule has 2 atom stereocenters. The number of benzene rings is 5. The minimum atomic E-state index is -1.39. The van der Waals surface area contributed by atoms with Crippen LogP contribution in [0, 0.1) is 0 Å². The highest BCUT2D eigenvalue weighted by atomic mass is 32.2. The van der Waals surface area contributed by atoms with Crippen LogP contribution in [0.1, 0.15) is 60.4 Å². The fourth-order valence-electron chi connectivity index (χ4n) is 8.03. The highest BCUT2D eigenvalue weighted by Crippen LogP contribution is 2.46. The molecule has 4 heterocycles. The third kappa shape index (κ3) is 11.1. The molecule has 9 rings (SSSR count). The van der Waals surface area contributed by atoms with E-state index in [-0.39, 0.29) is 22.2 Å². The van der Waals surface area contributed by atoms with Crippen molar-refractivity contribution in [2.75, 3.05) is 16.2 Å². The summed E-state index contributed by atoms with van der Waals surface area (Å²) in [6.45, 7) is 5.23. The molecule has 1 fully saturated rings. The smallest absolute Gasteiger partial charge is 0.413 e. The maximum absolute atomic E-state index is 15.0. The Bertz CT molecular complexity index is 2960. The maximum atomic E-state index is 15.0. The fourth-order valence-corrected chi connectivity index (χ4v) is 12.3. The number of rotatable bonds is 17. The summed E-state index contributed by atoms with van der Waals surface area (Å²) in [5.74, 6) is -1.67. The molecule has 2 N–H and O–H groups in total. The standard InChI is InChI=1S/C53H48N8O7S4/c1-52(2,3)67-51(65)57-50-55-39(31-70-50)42(59-68-53(36-24-14-7-15-25-36,37-26-16-8-17-27-37)38-28-18-9-19-29-38)46(62)56-43-47(63)61-44(40(32-69-48(43)61)71-33-72-41-30-54-60(4)58-41)49(64)66-45(34-20-10-5-11-21-34)35-22-12-6-13-23-35/h5-31,43,45,48H,32-33H2,1-4H3,(H,56,62)(H,55,57,65)/b59-42-/t43-,48-/m1/s1. The molecule has 3 amide bonds. The summed E-state index contributed by atoms with van der Waals surface area (Å²) in [6.07, 6.45) is 0.141. The van der Waals surface area contributed by atoms with Crippen LogP contribution in [0.2, 0.25) is 0 Å². The summed E-state index contributed by atoms with van der Waals surface area (Å²) in [5, 5.41) is 20.9. The molecule has 0 bridgehead atoms. The Morgan fingerprint density at radius 2 is 1.36 bits per heavy atom. The lowest BCUT2D eigenvalue weighted by atomic mass is 9.80. The molecule has 5 aromatic carbocycles. The van der Waals surface area contributed by atoms with E-state index in [0.717, 1.165) is 39.2 Å². The quantitative estimate of drug-likeness (QED) is 0.0168. The summed E-state index contributed by atoms with van der Waals surface area (Å²) in [4.78, 5) is 72.1. The second-order valence-corrected chi connectivity index (χ2v) is 21.7. The third-order valence-corrected chi connectivity index (χ3v) is 15.6. The molecule has 1 saturated heterocycles. The van der Waals surface area contributed by atoms with E-state index in [4.69, 9.17) is 14.3 Å². The highest BCUT2D eigenvalue weighted by molar-refractivity contribution is 8.18. The van der Waals surface area contributed by atoms with Crippen LogP contribution in [0.3, 0.4) is 0 Å². The van der Waals surface area contributed by atoms with Gasteiger partial charge in [-0.05, 0) is 31.9 Å². The second-order valence-electron chi connectivity index (χ2n) is 17.3. The van der Waals surface area contributed by atoms with Crippen LogP contribution in [-0.2, 0) is 41.3 Å². The molecule has 0 aliphatic carbocycles. The zero-order valence-corrected chi connectivity index (χ0v) is 42.7. The third-order valence-electron chi connectivity index (χ3n) is 11.2. The van der Waals surface area contributed by atoms with Crippen LogP contribution in [0.15, 0.2) is 184 Å². The van der Waals surface area contributed by atoms with Crippen molar-refractivity contribution < 1.29 is 33.5 Å². The van der Waals surface area contributed by atoms with E-state index in [1.54, 1.807) is 39.4 Å². The number of β-lactam (4-membered cyclic amide) rings is 1. The number of amides is 3. The van der Waals surface area contributed by atoms with Gasteiger partial charge in [0.25, 0.3) is 11.8 Å². The van der Waals surface area contributed by atoms with E-state index >= 15 is 0 Å². The SMILES string of the molecule is Cn1ncc(SCSC2=C(C(=O)OC(c3ccccc3)c3ccccc3)N3C(=O)[C@@H](NC(=O)/C(=N\OC(c4ccccc4)(c4ccccc4)c4ccccc4)c4csc(NC(=O)OC(C)(C)C)n4)[C@H]3SC2)n1. The van der Waals surface area contributed by atoms with Crippen molar-refractivity contribution in [3.63, 3.8) is 0 Å². The predicted octanol–water partition coefficient (Wildman–Crippen LogP) is 9.76. The number of carbonyl (C=O) groups excluding carboxylic acids is 4. The molecule has 2 aliphatic heterocycles. The van der Waals surface area contributed by atoms with Gasteiger partial charge in [0.05, 0.1) is 11.3 Å². The number of oxime groups is 1. The van der Waals surface area contributed by atoms with E-state index in [1.807, 2.05) is 152 Å². The summed E-state index contributed by atoms with van der Waals surface area (Å²) in [5.41, 5.74) is 1.38. The van der Waals surface area contributed by atoms with E-state index in [9.17, 15) is 19.2 Å². The number of aryl methyl sites for hydroxylation is 1. The lowest BCUT2D eigenvalue weighted by Gasteiger charge is -2.49. The van der Waals surface area contributed by atoms with Gasteiger partial charge in [0, 0.05) is 39.8 Å². The first-order valence-corrected chi connectivity index (χ1v) is 26.6. The Balaban J connectivity index is 1.05. The van der Waals surface area contributed by atoms with Gasteiger partial charge in [-0.3, -0.25) is 19.8 Å². The van der Waals surface area contributed by atoms with Crippen LogP contribution < -0.4 is 10.6 Å². The van der Waals surface area contributed by atoms with Gasteiger partial charge in [0.15, 0.2) is 16.9 Å². The van der Waals surface area contributed by atoms with Gasteiger partial charge in [0.1, 0.15) is 33.4 Å². The zero-order valence-electron chi connectivity index (χ0n) is 39.4. The van der Waals surface area contributed by atoms with Crippen molar-refractivity contribution in [3.8, 4) is 0 Å². The number of thioether (sulfide) groups is 3. The summed E-state index contributed by atoms with van der Waals surface area (Å²) in [6, 6.07) is 46.3. The number of esters is 1. The molecular weight excluding hydrogens is 989 g/mol. The number of hydrogen-bond acceptors (Lipinski definition) is 15. The summed E-state index contributed by atoms with van der Waals surface area (Å²) in [7, 11) is 1.74. The summed E-state index contributed by atoms with van der Waals surface area (Å²) >= 11 is 5.32. The number of hydrogen-bond donors (Lipinski definition) is 2. The first kappa shape index (κ1) is 49.8. The van der Waals surface area contributed by atoms with Crippen molar-refractivity contribution in [2.24, 2.45) is 12.2 Å². The van der Waals surface area contributed by atoms with Crippen LogP contribution in [0.4, 0.5) is 9.93 Å². The van der Waals surface area contributed by atoms with Crippen molar-refractivity contribution in [1.29, 1.82) is 0 Å². The Morgan fingerprint density at radius 3 is 1.89 bits per heavy atom. The molecule has 0 spiro atoms. The first-order chi connectivity index (χ1) is 34.9. The Labute approximate surface area is 432 Å². The average Bonchev–Trinajstić information content (AvgIpc) is 4.04. The van der Waals surface area contributed by atoms with E-state index in [1.165, 1.54) is 45.0 Å². The van der Waals surface area contributed by atoms with E-state index in [0.29, 0.717) is 20.8 Å². The minimum absolute atomic E-state index is 0.0582. The van der Waals surface area contributed by atoms with Gasteiger partial charge < -0.3 is 19.6 Å². The molecule has 0 saturated carbocycles. The largest absolute Gasteiger partial charge is 0.448 e. The molecule has 2 aliphatic rings. The zero-order chi connectivity index (χ0) is 50.2. The number of carbonyl (C=O) groups is 4. The van der Waals surface area contributed by atoms with Gasteiger partial charge in [-0.15, -0.1) is 40.0 Å². The highest BCUT2D eigenvalue weighted by Gasteiger charge is 2.55. The number of ether oxygens (including phenoxy) is 2. The van der Waals surface area contributed by atoms with Crippen molar-refractivity contribution >= 4 is 81.3 Å². The molecule has 0 unspecified atom stereocenters. The topological polar surface area (TPSA) is 179 Å². The van der Waals surface area contributed by atoms with Crippen LogP contribution in [0.5, 0.6) is 0 Å². The Kier molecular flexibility index (Phi) is 15.3. The Hall–Kier alpha value is -7.19. The van der Waals surface area contributed by atoms with E-state index < -0.39 is 52.6 Å². The normalized spacial score (nSPS) is 15.9. The number of anilines is 1. The monoisotopic (exact) mass is 1040 g/mol. The molecule has 72 heavy (non-hydrogen) atoms. The second kappa shape index (κ2) is 22.1. The van der Waals surface area contributed by atoms with Crippen LogP contribution in [-0.4, -0.2) is 82.3 Å². The lowest BCUT2D eigenvalue weighted by molar-refractivity contribution is -0.154. The lowest BCUT2D eigenvalue weighted by Crippen LogP contribution is -2.71. The molecular formula is C53H48N8O7S4. The van der Waals surface area contributed by atoms with Crippen LogP contribution in [0.25, 0.3) is 0 Å². The van der Waals surface area contributed by atoms with Crippen molar-refractivity contribution in [2.45, 2.75) is 54.5 Å². The van der Waals surface area contributed by atoms with Gasteiger partial charge in [-0.1, -0.05) is 169 Å². The summed E-state index contributed by atoms with van der Waals surface area (Å²) < 4.78 is 11.9. The van der Waals surface area contributed by atoms with Gasteiger partial charge >= 0.3 is 12.1 Å². The minimum Gasteiger partial charge on any atom is -0.448 e. The number of fused-ring (bicyclic) bond motifs is 1. The van der Waals surface area contributed by atoms with Gasteiger partial charge in [-0.2, -0.15) is 9.90 Å². The molecule has 15 nitrogen and oxygen atoms in total.